The second kappa shape index (κ2) is 4.65. The van der Waals surface area contributed by atoms with Gasteiger partial charge in [0.15, 0.2) is 0 Å². The molecule has 17 heavy (non-hydrogen) atoms. The largest absolute Gasteiger partial charge is 0.497 e. The summed E-state index contributed by atoms with van der Waals surface area (Å²) in [5.74, 6) is 0.779. The Morgan fingerprint density at radius 2 is 2.18 bits per heavy atom. The van der Waals surface area contributed by atoms with Crippen molar-refractivity contribution in [3.05, 3.63) is 23.8 Å². The van der Waals surface area contributed by atoms with Gasteiger partial charge in [-0.2, -0.15) is 0 Å². The van der Waals surface area contributed by atoms with Gasteiger partial charge < -0.3 is 14.8 Å². The minimum atomic E-state index is -0.181. The summed E-state index contributed by atoms with van der Waals surface area (Å²) < 4.78 is 9.94. The summed E-state index contributed by atoms with van der Waals surface area (Å²) in [6, 6.07) is 6.12. The van der Waals surface area contributed by atoms with Crippen LogP contribution in [0.2, 0.25) is 0 Å². The van der Waals surface area contributed by atoms with E-state index in [2.05, 4.69) is 12.2 Å². The molecule has 1 aromatic rings. The Morgan fingerprint density at radius 1 is 1.41 bits per heavy atom. The van der Waals surface area contributed by atoms with Crippen molar-refractivity contribution >= 4 is 11.7 Å². The first-order valence-corrected chi connectivity index (χ1v) is 5.67. The van der Waals surface area contributed by atoms with Gasteiger partial charge in [-0.15, -0.1) is 0 Å². The fraction of sp³-hybridized carbons (Fsp3) is 0.462. The predicted octanol–water partition coefficient (Wildman–Crippen LogP) is 2.16. The van der Waals surface area contributed by atoms with Crippen molar-refractivity contribution in [3.63, 3.8) is 0 Å². The van der Waals surface area contributed by atoms with Gasteiger partial charge in [-0.3, -0.25) is 4.79 Å². The Morgan fingerprint density at radius 3 is 2.82 bits per heavy atom. The number of fused-ring (bicyclic) bond motifs is 1. The minimum absolute atomic E-state index is 0.146. The topological polar surface area (TPSA) is 47.6 Å². The van der Waals surface area contributed by atoms with Crippen LogP contribution in [0.5, 0.6) is 5.75 Å². The Hall–Kier alpha value is -1.71. The maximum atomic E-state index is 11.4. The van der Waals surface area contributed by atoms with E-state index in [0.29, 0.717) is 6.42 Å². The normalized spacial score (nSPS) is 21.6. The Bertz CT molecular complexity index is 431. The summed E-state index contributed by atoms with van der Waals surface area (Å²) >= 11 is 0. The van der Waals surface area contributed by atoms with Crippen molar-refractivity contribution in [2.24, 2.45) is 0 Å². The van der Waals surface area contributed by atoms with E-state index in [9.17, 15) is 4.79 Å². The third-order valence-corrected chi connectivity index (χ3v) is 3.26. The van der Waals surface area contributed by atoms with E-state index in [1.807, 2.05) is 18.2 Å². The zero-order chi connectivity index (χ0) is 12.4. The highest BCUT2D eigenvalue weighted by Crippen LogP contribution is 2.39. The lowest BCUT2D eigenvalue weighted by Gasteiger charge is -2.14. The van der Waals surface area contributed by atoms with Crippen LogP contribution in [0.4, 0.5) is 5.69 Å². The summed E-state index contributed by atoms with van der Waals surface area (Å²) in [5.41, 5.74) is 2.20. The third kappa shape index (κ3) is 2.20. The fourth-order valence-electron chi connectivity index (χ4n) is 2.27. The lowest BCUT2D eigenvalue weighted by atomic mass is 9.92. The van der Waals surface area contributed by atoms with Crippen molar-refractivity contribution in [1.82, 2.24) is 0 Å². The van der Waals surface area contributed by atoms with E-state index in [0.717, 1.165) is 17.0 Å². The molecule has 1 aliphatic rings. The molecule has 0 fully saturated rings. The SMILES string of the molecule is COC(=O)C[C@@H]1c2cc(OC)ccc2N[C@@H]1C. The molecule has 1 N–H and O–H groups in total. The maximum Gasteiger partial charge on any atom is 0.306 e. The summed E-state index contributed by atoms with van der Waals surface area (Å²) in [6.45, 7) is 2.07. The second-order valence-corrected chi connectivity index (χ2v) is 4.27. The molecule has 4 heteroatoms. The number of carbonyl (C=O) groups excluding carboxylic acids is 1. The molecule has 2 atom stereocenters. The fourth-order valence-corrected chi connectivity index (χ4v) is 2.27. The van der Waals surface area contributed by atoms with Gasteiger partial charge in [0, 0.05) is 17.6 Å². The molecule has 0 saturated heterocycles. The van der Waals surface area contributed by atoms with E-state index >= 15 is 0 Å². The van der Waals surface area contributed by atoms with Gasteiger partial charge in [0.2, 0.25) is 0 Å². The number of esters is 1. The van der Waals surface area contributed by atoms with Crippen LogP contribution in [-0.2, 0) is 9.53 Å². The summed E-state index contributed by atoms with van der Waals surface area (Å²) in [6.07, 6.45) is 0.394. The van der Waals surface area contributed by atoms with Gasteiger partial charge >= 0.3 is 5.97 Å². The average Bonchev–Trinajstić information content (AvgIpc) is 2.65. The van der Waals surface area contributed by atoms with Gasteiger partial charge in [-0.1, -0.05) is 0 Å². The number of rotatable bonds is 3. The number of methoxy groups -OCH3 is 2. The first kappa shape index (κ1) is 11.8. The maximum absolute atomic E-state index is 11.4. The molecule has 0 saturated carbocycles. The number of nitrogens with one attached hydrogen (secondary N) is 1. The van der Waals surface area contributed by atoms with Gasteiger partial charge in [-0.25, -0.2) is 0 Å². The molecule has 1 heterocycles. The smallest absolute Gasteiger partial charge is 0.306 e. The van der Waals surface area contributed by atoms with Gasteiger partial charge in [0.1, 0.15) is 5.75 Å². The predicted molar refractivity (Wildman–Crippen MR) is 65.5 cm³/mol. The van der Waals surface area contributed by atoms with Crippen molar-refractivity contribution in [2.75, 3.05) is 19.5 Å². The monoisotopic (exact) mass is 235 g/mol. The summed E-state index contributed by atoms with van der Waals surface area (Å²) in [5, 5.41) is 3.36. The number of carbonyl (C=O) groups is 1. The molecule has 2 rings (SSSR count). The molecule has 0 spiro atoms. The van der Waals surface area contributed by atoms with Crippen molar-refractivity contribution in [1.29, 1.82) is 0 Å². The number of anilines is 1. The highest BCUT2D eigenvalue weighted by molar-refractivity contribution is 5.73. The van der Waals surface area contributed by atoms with E-state index in [1.54, 1.807) is 7.11 Å². The molecule has 1 aliphatic heterocycles. The van der Waals surface area contributed by atoms with Crippen molar-refractivity contribution in [2.45, 2.75) is 25.3 Å². The number of benzene rings is 1. The quantitative estimate of drug-likeness (QED) is 0.815. The zero-order valence-corrected chi connectivity index (χ0v) is 10.3. The van der Waals surface area contributed by atoms with Crippen LogP contribution in [0.15, 0.2) is 18.2 Å². The molecule has 92 valence electrons. The molecule has 4 nitrogen and oxygen atoms in total. The third-order valence-electron chi connectivity index (χ3n) is 3.26. The number of ether oxygens (including phenoxy) is 2. The molecule has 1 aromatic carbocycles. The molecule has 0 unspecified atom stereocenters. The molecular weight excluding hydrogens is 218 g/mol. The molecule has 0 aliphatic carbocycles. The van der Waals surface area contributed by atoms with Crippen LogP contribution in [0.1, 0.15) is 24.8 Å². The average molecular weight is 235 g/mol. The number of hydrogen-bond donors (Lipinski definition) is 1. The van der Waals surface area contributed by atoms with Crippen molar-refractivity contribution in [3.8, 4) is 5.75 Å². The second-order valence-electron chi connectivity index (χ2n) is 4.27. The molecule has 0 radical (unpaired) electrons. The molecular formula is C13H17NO3. The van der Waals surface area contributed by atoms with Crippen LogP contribution in [0.3, 0.4) is 0 Å². The van der Waals surface area contributed by atoms with Crippen LogP contribution >= 0.6 is 0 Å². The minimum Gasteiger partial charge on any atom is -0.497 e. The first-order chi connectivity index (χ1) is 8.15. The molecule has 0 amide bonds. The van der Waals surface area contributed by atoms with Crippen LogP contribution in [0, 0.1) is 0 Å². The van der Waals surface area contributed by atoms with Gasteiger partial charge in [-0.05, 0) is 30.7 Å². The highest BCUT2D eigenvalue weighted by atomic mass is 16.5. The molecule has 0 aromatic heterocycles. The van der Waals surface area contributed by atoms with Crippen molar-refractivity contribution < 1.29 is 14.3 Å². The lowest BCUT2D eigenvalue weighted by Crippen LogP contribution is -2.19. The van der Waals surface area contributed by atoms with Gasteiger partial charge in [0.05, 0.1) is 20.6 Å². The van der Waals surface area contributed by atoms with Crippen LogP contribution < -0.4 is 10.1 Å². The Kier molecular flexibility index (Phi) is 3.22. The number of hydrogen-bond acceptors (Lipinski definition) is 4. The lowest BCUT2D eigenvalue weighted by molar-refractivity contribution is -0.141. The Labute approximate surface area is 101 Å². The zero-order valence-electron chi connectivity index (χ0n) is 10.3. The van der Waals surface area contributed by atoms with E-state index in [-0.39, 0.29) is 17.9 Å². The molecule has 0 bridgehead atoms. The van der Waals surface area contributed by atoms with E-state index in [4.69, 9.17) is 9.47 Å². The van der Waals surface area contributed by atoms with E-state index in [1.165, 1.54) is 7.11 Å². The van der Waals surface area contributed by atoms with Crippen LogP contribution in [0.25, 0.3) is 0 Å². The standard InChI is InChI=1S/C13H17NO3/c1-8-10(7-13(15)17-3)11-6-9(16-2)4-5-12(11)14-8/h4-6,8,10,14H,7H2,1-3H3/t8-,10+/m1/s1. The highest BCUT2D eigenvalue weighted by Gasteiger charge is 2.31. The summed E-state index contributed by atoms with van der Waals surface area (Å²) in [7, 11) is 3.06. The van der Waals surface area contributed by atoms with E-state index < -0.39 is 0 Å². The summed E-state index contributed by atoms with van der Waals surface area (Å²) in [4.78, 5) is 11.4. The van der Waals surface area contributed by atoms with Crippen LogP contribution in [-0.4, -0.2) is 26.2 Å². The Balaban J connectivity index is 2.28. The first-order valence-electron chi connectivity index (χ1n) is 5.67. The van der Waals surface area contributed by atoms with Gasteiger partial charge in [0.25, 0.3) is 0 Å².